The second kappa shape index (κ2) is 10.2. The van der Waals surface area contributed by atoms with Gasteiger partial charge in [0, 0.05) is 22.2 Å². The molecule has 4 heteroatoms. The number of ketones is 2. The number of aryl methyl sites for hydroxylation is 1. The van der Waals surface area contributed by atoms with Gasteiger partial charge in [-0.05, 0) is 93.7 Å². The van der Waals surface area contributed by atoms with Crippen LogP contribution in [-0.2, 0) is 5.41 Å². The van der Waals surface area contributed by atoms with Crippen molar-refractivity contribution < 1.29 is 9.59 Å². The van der Waals surface area contributed by atoms with E-state index in [9.17, 15) is 9.59 Å². The van der Waals surface area contributed by atoms with E-state index in [1.807, 2.05) is 36.4 Å². The third-order valence-electron chi connectivity index (χ3n) is 10.1. The average molecular weight is 628 g/mol. The Bertz CT molecular complexity index is 2300. The van der Waals surface area contributed by atoms with Gasteiger partial charge in [-0.1, -0.05) is 111 Å². The summed E-state index contributed by atoms with van der Waals surface area (Å²) in [5.74, 6) is -0.406. The Morgan fingerprint density at radius 1 is 0.660 bits per heavy atom. The van der Waals surface area contributed by atoms with Crippen molar-refractivity contribution >= 4 is 69.5 Å². The second-order valence-corrected chi connectivity index (χ2v) is 19.8. The van der Waals surface area contributed by atoms with Gasteiger partial charge in [-0.3, -0.25) is 9.59 Å². The Kier molecular flexibility index (Phi) is 6.38. The van der Waals surface area contributed by atoms with Crippen molar-refractivity contribution in [1.29, 1.82) is 0 Å². The Morgan fingerprint density at radius 2 is 1.30 bits per heavy atom. The van der Waals surface area contributed by atoms with E-state index in [1.54, 1.807) is 6.08 Å². The minimum absolute atomic E-state index is 0.203. The number of carbonyl (C=O) groups excluding carboxylic acids is 2. The zero-order valence-corrected chi connectivity index (χ0v) is 28.7. The van der Waals surface area contributed by atoms with Crippen LogP contribution in [-0.4, -0.2) is 19.6 Å². The van der Waals surface area contributed by atoms with Crippen LogP contribution < -0.4 is 10.1 Å². The van der Waals surface area contributed by atoms with Crippen molar-refractivity contribution in [1.82, 2.24) is 0 Å². The maximum absolute atomic E-state index is 13.5. The Balaban J connectivity index is 1.28. The molecule has 1 aliphatic heterocycles. The molecule has 0 atom stereocenters. The number of benzene rings is 6. The van der Waals surface area contributed by atoms with Crippen molar-refractivity contribution in [3.05, 3.63) is 148 Å². The number of nitrogens with zero attached hydrogens (tertiary/aromatic N) is 1. The molecule has 230 valence electrons. The van der Waals surface area contributed by atoms with E-state index in [4.69, 9.17) is 0 Å². The molecular formula is C43H37NO2Si. The zero-order chi connectivity index (χ0) is 32.8. The first kappa shape index (κ1) is 29.3. The van der Waals surface area contributed by atoms with Gasteiger partial charge in [0.1, 0.15) is 0 Å². The Hall–Kier alpha value is -5.06. The summed E-state index contributed by atoms with van der Waals surface area (Å²) in [6.45, 7) is 14.0. The highest BCUT2D eigenvalue weighted by molar-refractivity contribution is 6.88. The number of fused-ring (bicyclic) bond motifs is 6. The lowest BCUT2D eigenvalue weighted by atomic mass is 9.71. The fraction of sp³-hybridized carbons (Fsp3) is 0.163. The lowest BCUT2D eigenvalue weighted by Crippen LogP contribution is -2.40. The number of rotatable bonds is 3. The van der Waals surface area contributed by atoms with E-state index in [0.717, 1.165) is 27.4 Å². The zero-order valence-electron chi connectivity index (χ0n) is 27.7. The molecule has 1 aliphatic carbocycles. The summed E-state index contributed by atoms with van der Waals surface area (Å²) in [5, 5.41) is 5.64. The molecular weight excluding hydrogens is 591 g/mol. The molecule has 47 heavy (non-hydrogen) atoms. The van der Waals surface area contributed by atoms with Crippen molar-refractivity contribution in [3.8, 4) is 0 Å². The number of anilines is 3. The molecule has 8 rings (SSSR count). The molecule has 3 nitrogen and oxygen atoms in total. The van der Waals surface area contributed by atoms with Crippen LogP contribution in [0.2, 0.25) is 19.6 Å². The van der Waals surface area contributed by atoms with Gasteiger partial charge in [0.05, 0.1) is 25.0 Å². The van der Waals surface area contributed by atoms with Crippen molar-refractivity contribution in [2.45, 2.75) is 45.8 Å². The Labute approximate surface area is 277 Å². The van der Waals surface area contributed by atoms with Gasteiger partial charge in [-0.2, -0.15) is 0 Å². The maximum Gasteiger partial charge on any atom is 0.197 e. The average Bonchev–Trinajstić information content (AvgIpc) is 3.27. The SMILES string of the molecule is Cc1ccc(N2c3ccc([Si](C)(C)C)cc3C(C)(C)c3c2ccc2cc(C=C4C(=O)c5cc6ccccc6cc5C4=O)ccc32)cc1. The monoisotopic (exact) mass is 627 g/mol. The first-order valence-corrected chi connectivity index (χ1v) is 19.8. The van der Waals surface area contributed by atoms with Gasteiger partial charge in [-0.15, -0.1) is 0 Å². The molecule has 0 saturated carbocycles. The molecule has 0 unspecified atom stereocenters. The van der Waals surface area contributed by atoms with Crippen LogP contribution in [0.3, 0.4) is 0 Å². The fourth-order valence-corrected chi connectivity index (χ4v) is 8.67. The highest BCUT2D eigenvalue weighted by atomic mass is 28.3. The summed E-state index contributed by atoms with van der Waals surface area (Å²) >= 11 is 0. The fourth-order valence-electron chi connectivity index (χ4n) is 7.51. The molecule has 0 radical (unpaired) electrons. The number of allylic oxidation sites excluding steroid dienone is 1. The number of hydrogen-bond acceptors (Lipinski definition) is 3. The van der Waals surface area contributed by atoms with Gasteiger partial charge >= 0.3 is 0 Å². The van der Waals surface area contributed by atoms with Crippen molar-refractivity contribution in [2.24, 2.45) is 0 Å². The highest BCUT2D eigenvalue weighted by Gasteiger charge is 2.39. The normalized spacial score (nSPS) is 15.2. The van der Waals surface area contributed by atoms with Crippen LogP contribution in [0, 0.1) is 6.92 Å². The van der Waals surface area contributed by atoms with Gasteiger partial charge < -0.3 is 4.90 Å². The molecule has 0 aromatic heterocycles. The molecule has 0 fully saturated rings. The van der Waals surface area contributed by atoms with E-state index in [1.165, 1.54) is 38.6 Å². The number of Topliss-reactive ketones (excluding diaryl/α,β-unsaturated/α-hetero) is 2. The summed E-state index contributed by atoms with van der Waals surface area (Å²) in [6.07, 6.45) is 1.77. The summed E-state index contributed by atoms with van der Waals surface area (Å²) in [6, 6.07) is 38.2. The molecule has 0 bridgehead atoms. The van der Waals surface area contributed by atoms with E-state index in [2.05, 4.69) is 118 Å². The van der Waals surface area contributed by atoms with Gasteiger partial charge in [0.15, 0.2) is 11.6 Å². The van der Waals surface area contributed by atoms with Crippen molar-refractivity contribution in [2.75, 3.05) is 4.90 Å². The molecule has 1 heterocycles. The largest absolute Gasteiger partial charge is 0.310 e. The molecule has 2 aliphatic rings. The summed E-state index contributed by atoms with van der Waals surface area (Å²) < 4.78 is 0. The smallest absolute Gasteiger partial charge is 0.197 e. The minimum atomic E-state index is -1.56. The van der Waals surface area contributed by atoms with Crippen LogP contribution in [0.5, 0.6) is 0 Å². The predicted octanol–water partition coefficient (Wildman–Crippen LogP) is 10.4. The lowest BCUT2D eigenvalue weighted by Gasteiger charge is -2.43. The third-order valence-corrected chi connectivity index (χ3v) is 12.2. The van der Waals surface area contributed by atoms with E-state index in [-0.39, 0.29) is 22.6 Å². The molecule has 0 spiro atoms. The molecule has 0 N–H and O–H groups in total. The summed E-state index contributed by atoms with van der Waals surface area (Å²) in [7, 11) is -1.56. The molecule has 6 aromatic rings. The summed E-state index contributed by atoms with van der Waals surface area (Å²) in [4.78, 5) is 29.4. The van der Waals surface area contributed by atoms with Crippen LogP contribution in [0.4, 0.5) is 17.1 Å². The minimum Gasteiger partial charge on any atom is -0.310 e. The quantitative estimate of drug-likeness (QED) is 0.111. The standard InChI is InChI=1S/C43H37NO2Si/c1-26-11-15-31(16-12-26)44-38-20-17-32(47(4,5)6)25-37(38)43(2,3)40-33-18-13-27(21-30(33)14-19-39(40)44)22-36-41(45)34-23-28-9-7-8-10-29(28)24-35(34)42(36)46/h7-25H,1-6H3. The molecule has 0 amide bonds. The first-order chi connectivity index (χ1) is 22.4. The number of carbonyl (C=O) groups is 2. The van der Waals surface area contributed by atoms with Crippen molar-refractivity contribution in [3.63, 3.8) is 0 Å². The highest BCUT2D eigenvalue weighted by Crippen LogP contribution is 2.54. The third kappa shape index (κ3) is 4.54. The van der Waals surface area contributed by atoms with Gasteiger partial charge in [-0.25, -0.2) is 0 Å². The van der Waals surface area contributed by atoms with Crippen LogP contribution in [0.25, 0.3) is 27.6 Å². The summed E-state index contributed by atoms with van der Waals surface area (Å²) in [5.41, 5.74) is 9.17. The topological polar surface area (TPSA) is 37.4 Å². The Morgan fingerprint density at radius 3 is 1.94 bits per heavy atom. The van der Waals surface area contributed by atoms with Gasteiger partial charge in [0.2, 0.25) is 0 Å². The van der Waals surface area contributed by atoms with Crippen LogP contribution in [0.15, 0.2) is 115 Å². The van der Waals surface area contributed by atoms with Crippen LogP contribution >= 0.6 is 0 Å². The van der Waals surface area contributed by atoms with Crippen LogP contribution in [0.1, 0.15) is 56.8 Å². The lowest BCUT2D eigenvalue weighted by molar-refractivity contribution is 0.0990. The molecule has 6 aromatic carbocycles. The number of hydrogen-bond donors (Lipinski definition) is 0. The van der Waals surface area contributed by atoms with E-state index in [0.29, 0.717) is 11.1 Å². The van der Waals surface area contributed by atoms with E-state index < -0.39 is 8.07 Å². The molecule has 0 saturated heterocycles. The second-order valence-electron chi connectivity index (χ2n) is 14.7. The van der Waals surface area contributed by atoms with E-state index >= 15 is 0 Å². The van der Waals surface area contributed by atoms with Gasteiger partial charge in [0.25, 0.3) is 0 Å². The predicted molar refractivity (Wildman–Crippen MR) is 199 cm³/mol. The first-order valence-electron chi connectivity index (χ1n) is 16.3. The maximum atomic E-state index is 13.5.